The van der Waals surface area contributed by atoms with Gasteiger partial charge in [0, 0.05) is 26.1 Å². The maximum absolute atomic E-state index is 11.0. The van der Waals surface area contributed by atoms with Crippen molar-refractivity contribution >= 4 is 5.91 Å². The summed E-state index contributed by atoms with van der Waals surface area (Å²) in [6.45, 7) is 3.46. The van der Waals surface area contributed by atoms with Crippen LogP contribution in [0.3, 0.4) is 0 Å². The molecule has 0 unspecified atom stereocenters. The van der Waals surface area contributed by atoms with Crippen molar-refractivity contribution in [2.45, 2.75) is 25.8 Å². The molecule has 0 aliphatic carbocycles. The number of carbonyl (C=O) groups is 1. The summed E-state index contributed by atoms with van der Waals surface area (Å²) in [6, 6.07) is 0.507. The average Bonchev–Trinajstić information content (AvgIpc) is 2.05. The zero-order chi connectivity index (χ0) is 8.27. The SMILES string of the molecule is CN[C@@H]1CCCN(C(C)=O)C1. The molecule has 64 valence electrons. The van der Waals surface area contributed by atoms with Crippen LogP contribution in [-0.4, -0.2) is 37.0 Å². The maximum atomic E-state index is 11.0. The molecule has 11 heavy (non-hydrogen) atoms. The predicted octanol–water partition coefficient (Wildman–Crippen LogP) is 0.217. The van der Waals surface area contributed by atoms with Gasteiger partial charge in [-0.2, -0.15) is 0 Å². The lowest BCUT2D eigenvalue weighted by Crippen LogP contribution is -2.46. The number of likely N-dealkylation sites (tertiary alicyclic amines) is 1. The summed E-state index contributed by atoms with van der Waals surface area (Å²) in [5, 5.41) is 3.19. The molecule has 3 nitrogen and oxygen atoms in total. The molecule has 0 aromatic heterocycles. The van der Waals surface area contributed by atoms with Crippen molar-refractivity contribution in [3.63, 3.8) is 0 Å². The van der Waals surface area contributed by atoms with Crippen LogP contribution >= 0.6 is 0 Å². The van der Waals surface area contributed by atoms with E-state index in [1.54, 1.807) is 6.92 Å². The molecule has 1 rings (SSSR count). The Kier molecular flexibility index (Phi) is 2.88. The lowest BCUT2D eigenvalue weighted by atomic mass is 10.1. The Morgan fingerprint density at radius 2 is 2.36 bits per heavy atom. The Hall–Kier alpha value is -0.570. The molecule has 0 aromatic rings. The summed E-state index contributed by atoms with van der Waals surface area (Å²) in [6.07, 6.45) is 2.32. The normalized spacial score (nSPS) is 25.3. The quantitative estimate of drug-likeness (QED) is 0.589. The first kappa shape index (κ1) is 8.53. The fraction of sp³-hybridized carbons (Fsp3) is 0.875. The van der Waals surface area contributed by atoms with E-state index in [-0.39, 0.29) is 5.91 Å². The number of nitrogens with one attached hydrogen (secondary N) is 1. The molecule has 1 N–H and O–H groups in total. The Balaban J connectivity index is 2.39. The van der Waals surface area contributed by atoms with E-state index in [4.69, 9.17) is 0 Å². The fourth-order valence-electron chi connectivity index (χ4n) is 1.50. The van der Waals surface area contributed by atoms with Crippen LogP contribution in [0.1, 0.15) is 19.8 Å². The van der Waals surface area contributed by atoms with Gasteiger partial charge in [-0.3, -0.25) is 4.79 Å². The van der Waals surface area contributed by atoms with E-state index in [0.717, 1.165) is 19.5 Å². The summed E-state index contributed by atoms with van der Waals surface area (Å²) < 4.78 is 0. The van der Waals surface area contributed by atoms with Crippen LogP contribution in [0.4, 0.5) is 0 Å². The summed E-state index contributed by atoms with van der Waals surface area (Å²) in [5.41, 5.74) is 0. The lowest BCUT2D eigenvalue weighted by Gasteiger charge is -2.31. The minimum atomic E-state index is 0.199. The van der Waals surface area contributed by atoms with Crippen LogP contribution in [0.15, 0.2) is 0 Å². The fourth-order valence-corrected chi connectivity index (χ4v) is 1.50. The smallest absolute Gasteiger partial charge is 0.219 e. The van der Waals surface area contributed by atoms with Crippen molar-refractivity contribution < 1.29 is 4.79 Å². The van der Waals surface area contributed by atoms with Crippen molar-refractivity contribution in [2.75, 3.05) is 20.1 Å². The molecule has 1 amide bonds. The number of rotatable bonds is 1. The van der Waals surface area contributed by atoms with Gasteiger partial charge >= 0.3 is 0 Å². The van der Waals surface area contributed by atoms with Crippen LogP contribution in [0.25, 0.3) is 0 Å². The van der Waals surface area contributed by atoms with Gasteiger partial charge in [-0.15, -0.1) is 0 Å². The van der Waals surface area contributed by atoms with Gasteiger partial charge in [0.25, 0.3) is 0 Å². The van der Waals surface area contributed by atoms with Crippen molar-refractivity contribution in [1.29, 1.82) is 0 Å². The first-order chi connectivity index (χ1) is 5.24. The third-order valence-electron chi connectivity index (χ3n) is 2.27. The number of hydrogen-bond donors (Lipinski definition) is 1. The van der Waals surface area contributed by atoms with Gasteiger partial charge < -0.3 is 10.2 Å². The molecule has 0 saturated carbocycles. The van der Waals surface area contributed by atoms with E-state index in [0.29, 0.717) is 6.04 Å². The molecule has 1 atom stereocenters. The molecule has 0 bridgehead atoms. The van der Waals surface area contributed by atoms with Crippen molar-refractivity contribution in [3.8, 4) is 0 Å². The molecule has 1 heterocycles. The average molecular weight is 156 g/mol. The van der Waals surface area contributed by atoms with E-state index in [2.05, 4.69) is 5.32 Å². The second-order valence-electron chi connectivity index (χ2n) is 3.09. The highest BCUT2D eigenvalue weighted by atomic mass is 16.2. The first-order valence-electron chi connectivity index (χ1n) is 4.17. The van der Waals surface area contributed by atoms with Crippen molar-refractivity contribution in [2.24, 2.45) is 0 Å². The standard InChI is InChI=1S/C8H16N2O/c1-7(11)10-5-3-4-8(6-10)9-2/h8-9H,3-6H2,1-2H3/t8-/m1/s1. The minimum absolute atomic E-state index is 0.199. The summed E-state index contributed by atoms with van der Waals surface area (Å²) in [5.74, 6) is 0.199. The highest BCUT2D eigenvalue weighted by Crippen LogP contribution is 2.09. The van der Waals surface area contributed by atoms with Crippen LogP contribution in [0.2, 0.25) is 0 Å². The van der Waals surface area contributed by atoms with E-state index in [9.17, 15) is 4.79 Å². The summed E-state index contributed by atoms with van der Waals surface area (Å²) in [4.78, 5) is 12.9. The van der Waals surface area contributed by atoms with E-state index < -0.39 is 0 Å². The van der Waals surface area contributed by atoms with Gasteiger partial charge in [0.05, 0.1) is 0 Å². The number of carbonyl (C=O) groups excluding carboxylic acids is 1. The van der Waals surface area contributed by atoms with Gasteiger partial charge in [-0.1, -0.05) is 0 Å². The van der Waals surface area contributed by atoms with Gasteiger partial charge in [-0.05, 0) is 19.9 Å². The van der Waals surface area contributed by atoms with Crippen LogP contribution in [-0.2, 0) is 4.79 Å². The molecular formula is C8H16N2O. The third kappa shape index (κ3) is 2.19. The van der Waals surface area contributed by atoms with E-state index >= 15 is 0 Å². The van der Waals surface area contributed by atoms with Crippen LogP contribution in [0.5, 0.6) is 0 Å². The molecule has 1 fully saturated rings. The molecule has 3 heteroatoms. The number of nitrogens with zero attached hydrogens (tertiary/aromatic N) is 1. The van der Waals surface area contributed by atoms with Crippen molar-refractivity contribution in [1.82, 2.24) is 10.2 Å². The van der Waals surface area contributed by atoms with Crippen molar-refractivity contribution in [3.05, 3.63) is 0 Å². The Morgan fingerprint density at radius 1 is 1.64 bits per heavy atom. The molecular weight excluding hydrogens is 140 g/mol. The van der Waals surface area contributed by atoms with E-state index in [1.807, 2.05) is 11.9 Å². The second-order valence-corrected chi connectivity index (χ2v) is 3.09. The predicted molar refractivity (Wildman–Crippen MR) is 44.3 cm³/mol. The van der Waals surface area contributed by atoms with Crippen LogP contribution in [0, 0.1) is 0 Å². The maximum Gasteiger partial charge on any atom is 0.219 e. The summed E-state index contributed by atoms with van der Waals surface area (Å²) >= 11 is 0. The number of piperidine rings is 1. The van der Waals surface area contributed by atoms with Gasteiger partial charge in [0.1, 0.15) is 0 Å². The zero-order valence-corrected chi connectivity index (χ0v) is 7.26. The number of likely N-dealkylation sites (N-methyl/N-ethyl adjacent to an activating group) is 1. The number of hydrogen-bond acceptors (Lipinski definition) is 2. The minimum Gasteiger partial charge on any atom is -0.341 e. The van der Waals surface area contributed by atoms with E-state index in [1.165, 1.54) is 6.42 Å². The second kappa shape index (κ2) is 3.72. The Labute approximate surface area is 67.8 Å². The molecule has 0 spiro atoms. The lowest BCUT2D eigenvalue weighted by molar-refractivity contribution is -0.130. The monoisotopic (exact) mass is 156 g/mol. The molecule has 0 radical (unpaired) electrons. The molecule has 1 aliphatic rings. The molecule has 1 aliphatic heterocycles. The van der Waals surface area contributed by atoms with Gasteiger partial charge in [0.2, 0.25) is 5.91 Å². The summed E-state index contributed by atoms with van der Waals surface area (Å²) in [7, 11) is 1.95. The molecule has 1 saturated heterocycles. The Morgan fingerprint density at radius 3 is 2.91 bits per heavy atom. The largest absolute Gasteiger partial charge is 0.341 e. The topological polar surface area (TPSA) is 32.3 Å². The highest BCUT2D eigenvalue weighted by Gasteiger charge is 2.19. The first-order valence-corrected chi connectivity index (χ1v) is 4.17. The van der Waals surface area contributed by atoms with Gasteiger partial charge in [0.15, 0.2) is 0 Å². The Bertz CT molecular complexity index is 147. The van der Waals surface area contributed by atoms with Crippen LogP contribution < -0.4 is 5.32 Å². The molecule has 0 aromatic carbocycles. The third-order valence-corrected chi connectivity index (χ3v) is 2.27. The van der Waals surface area contributed by atoms with Gasteiger partial charge in [-0.25, -0.2) is 0 Å². The highest BCUT2D eigenvalue weighted by molar-refractivity contribution is 5.73. The number of amides is 1. The zero-order valence-electron chi connectivity index (χ0n) is 7.26.